The summed E-state index contributed by atoms with van der Waals surface area (Å²) in [7, 11) is 3.60. The van der Waals surface area contributed by atoms with E-state index in [1.54, 1.807) is 22.8 Å². The van der Waals surface area contributed by atoms with Crippen molar-refractivity contribution in [2.24, 2.45) is 12.0 Å². The summed E-state index contributed by atoms with van der Waals surface area (Å²) in [4.78, 5) is 27.9. The van der Waals surface area contributed by atoms with Gasteiger partial charge in [-0.2, -0.15) is 5.10 Å². The van der Waals surface area contributed by atoms with E-state index in [2.05, 4.69) is 37.4 Å². The number of aromatic nitrogens is 3. The van der Waals surface area contributed by atoms with Crippen LogP contribution >= 0.6 is 24.0 Å². The molecule has 2 saturated heterocycles. The molecule has 9 nitrogen and oxygen atoms in total. The molecule has 0 unspecified atom stereocenters. The van der Waals surface area contributed by atoms with E-state index in [4.69, 9.17) is 0 Å². The number of nitrogens with zero attached hydrogens (tertiary/aromatic N) is 7. The molecule has 2 aliphatic rings. The number of amides is 1. The van der Waals surface area contributed by atoms with Crippen LogP contribution in [0.4, 0.5) is 11.5 Å². The normalized spacial score (nSPS) is 17.8. The van der Waals surface area contributed by atoms with Crippen LogP contribution in [0.2, 0.25) is 0 Å². The lowest BCUT2D eigenvalue weighted by atomic mass is 10.2. The van der Waals surface area contributed by atoms with Crippen LogP contribution in [0.15, 0.2) is 35.7 Å². The van der Waals surface area contributed by atoms with Crippen LogP contribution in [0.5, 0.6) is 0 Å². The lowest BCUT2D eigenvalue weighted by Crippen LogP contribution is -2.55. The summed E-state index contributed by atoms with van der Waals surface area (Å²) in [6.45, 7) is 4.42. The molecule has 32 heavy (non-hydrogen) atoms. The van der Waals surface area contributed by atoms with E-state index in [1.807, 2.05) is 24.3 Å². The molecule has 2 aromatic rings. The number of guanidine groups is 1. The number of pyridine rings is 1. The number of carbonyl (C=O) groups is 1. The van der Waals surface area contributed by atoms with Crippen LogP contribution in [-0.2, 0) is 18.4 Å². The van der Waals surface area contributed by atoms with Crippen molar-refractivity contribution in [3.63, 3.8) is 0 Å². The van der Waals surface area contributed by atoms with E-state index in [-0.39, 0.29) is 29.9 Å². The van der Waals surface area contributed by atoms with Crippen molar-refractivity contribution in [3.8, 4) is 0 Å². The van der Waals surface area contributed by atoms with Crippen molar-refractivity contribution in [1.82, 2.24) is 25.0 Å². The molecule has 1 N–H and O–H groups in total. The average molecular weight is 552 g/mol. The summed E-state index contributed by atoms with van der Waals surface area (Å²) in [6, 6.07) is 4.24. The monoisotopic (exact) mass is 552 g/mol. The number of aryl methyl sites for hydroxylation is 1. The minimum absolute atomic E-state index is 0. The number of hydrogen-bond acceptors (Lipinski definition) is 5. The standard InChI is InChI=1S/C22H32N8O.HI/c1-23-22(29-11-12-30(21(31)17-29)19-15-26-27(2)16-19)25-14-18-7-8-20(24-13-18)28-9-5-3-4-6-10-28;/h7-8,13,15-16H,3-6,9-12,14,17H2,1-2H3,(H,23,25);1H. The number of carbonyl (C=O) groups excluding carboxylic acids is 1. The van der Waals surface area contributed by atoms with Gasteiger partial charge in [0.2, 0.25) is 5.91 Å². The molecule has 0 aromatic carbocycles. The summed E-state index contributed by atoms with van der Waals surface area (Å²) in [5.74, 6) is 1.84. The lowest BCUT2D eigenvalue weighted by Gasteiger charge is -2.35. The van der Waals surface area contributed by atoms with Crippen LogP contribution in [0.3, 0.4) is 0 Å². The third kappa shape index (κ3) is 5.90. The first kappa shape index (κ1) is 24.3. The van der Waals surface area contributed by atoms with Gasteiger partial charge in [-0.15, -0.1) is 24.0 Å². The molecule has 0 atom stereocenters. The van der Waals surface area contributed by atoms with Crippen molar-refractivity contribution < 1.29 is 4.79 Å². The van der Waals surface area contributed by atoms with Gasteiger partial charge in [-0.3, -0.25) is 14.5 Å². The predicted molar refractivity (Wildman–Crippen MR) is 138 cm³/mol. The number of aliphatic imine (C=N–C) groups is 1. The lowest BCUT2D eigenvalue weighted by molar-refractivity contribution is -0.120. The third-order valence-electron chi connectivity index (χ3n) is 5.92. The second kappa shape index (κ2) is 11.5. The van der Waals surface area contributed by atoms with Crippen LogP contribution in [-0.4, -0.2) is 71.3 Å². The quantitative estimate of drug-likeness (QED) is 0.356. The number of halogens is 1. The van der Waals surface area contributed by atoms with Gasteiger partial charge in [-0.25, -0.2) is 4.98 Å². The molecular formula is C22H33IN8O. The van der Waals surface area contributed by atoms with E-state index in [9.17, 15) is 4.79 Å². The van der Waals surface area contributed by atoms with Gasteiger partial charge in [0.1, 0.15) is 12.4 Å². The average Bonchev–Trinajstić information content (AvgIpc) is 3.04. The maximum absolute atomic E-state index is 12.7. The smallest absolute Gasteiger partial charge is 0.246 e. The Morgan fingerprint density at radius 2 is 1.88 bits per heavy atom. The molecule has 1 amide bonds. The Morgan fingerprint density at radius 3 is 2.47 bits per heavy atom. The van der Waals surface area contributed by atoms with Gasteiger partial charge in [0.15, 0.2) is 5.96 Å². The largest absolute Gasteiger partial charge is 0.357 e. The molecule has 0 bridgehead atoms. The fourth-order valence-electron chi connectivity index (χ4n) is 4.20. The van der Waals surface area contributed by atoms with E-state index >= 15 is 0 Å². The fourth-order valence-corrected chi connectivity index (χ4v) is 4.20. The summed E-state index contributed by atoms with van der Waals surface area (Å²) >= 11 is 0. The summed E-state index contributed by atoms with van der Waals surface area (Å²) in [5.41, 5.74) is 1.94. The maximum Gasteiger partial charge on any atom is 0.246 e. The highest BCUT2D eigenvalue weighted by Gasteiger charge is 2.27. The number of piperazine rings is 1. The molecule has 10 heteroatoms. The molecule has 174 valence electrons. The summed E-state index contributed by atoms with van der Waals surface area (Å²) < 4.78 is 1.71. The molecule has 0 spiro atoms. The number of hydrogen-bond donors (Lipinski definition) is 1. The first-order valence-corrected chi connectivity index (χ1v) is 11.1. The molecule has 0 aliphatic carbocycles. The van der Waals surface area contributed by atoms with Crippen molar-refractivity contribution >= 4 is 47.3 Å². The molecule has 4 heterocycles. The van der Waals surface area contributed by atoms with Gasteiger partial charge in [0.05, 0.1) is 11.9 Å². The Balaban J connectivity index is 0.00000289. The van der Waals surface area contributed by atoms with Crippen LogP contribution in [0.1, 0.15) is 31.2 Å². The molecule has 4 rings (SSSR count). The Bertz CT molecular complexity index is 905. The SMILES string of the molecule is CN=C(NCc1ccc(N2CCCCCC2)nc1)N1CCN(c2cnn(C)c2)C(=O)C1.I. The molecular weight excluding hydrogens is 519 g/mol. The van der Waals surface area contributed by atoms with Gasteiger partial charge in [0, 0.05) is 59.2 Å². The van der Waals surface area contributed by atoms with Crippen molar-refractivity contribution in [1.29, 1.82) is 0 Å². The Kier molecular flexibility index (Phi) is 8.71. The Labute approximate surface area is 206 Å². The molecule has 2 fully saturated rings. The van der Waals surface area contributed by atoms with Crippen molar-refractivity contribution in [2.45, 2.75) is 32.2 Å². The van der Waals surface area contributed by atoms with E-state index in [1.165, 1.54) is 25.7 Å². The molecule has 2 aromatic heterocycles. The fraction of sp³-hybridized carbons (Fsp3) is 0.545. The second-order valence-corrected chi connectivity index (χ2v) is 8.17. The summed E-state index contributed by atoms with van der Waals surface area (Å²) in [5, 5.41) is 7.54. The van der Waals surface area contributed by atoms with Gasteiger partial charge in [-0.1, -0.05) is 18.9 Å². The Morgan fingerprint density at radius 1 is 1.09 bits per heavy atom. The molecule has 2 aliphatic heterocycles. The van der Waals surface area contributed by atoms with Crippen LogP contribution < -0.4 is 15.1 Å². The van der Waals surface area contributed by atoms with Gasteiger partial charge >= 0.3 is 0 Å². The highest BCUT2D eigenvalue weighted by atomic mass is 127. The van der Waals surface area contributed by atoms with Gasteiger partial charge < -0.3 is 20.0 Å². The van der Waals surface area contributed by atoms with Crippen LogP contribution in [0.25, 0.3) is 0 Å². The van der Waals surface area contributed by atoms with E-state index < -0.39 is 0 Å². The number of nitrogens with one attached hydrogen (secondary N) is 1. The zero-order chi connectivity index (χ0) is 21.6. The van der Waals surface area contributed by atoms with Gasteiger partial charge in [0.25, 0.3) is 0 Å². The minimum Gasteiger partial charge on any atom is -0.357 e. The number of rotatable bonds is 4. The van der Waals surface area contributed by atoms with Crippen molar-refractivity contribution in [2.75, 3.05) is 49.6 Å². The van der Waals surface area contributed by atoms with E-state index in [0.717, 1.165) is 36.1 Å². The predicted octanol–water partition coefficient (Wildman–Crippen LogP) is 2.24. The van der Waals surface area contributed by atoms with E-state index in [0.29, 0.717) is 26.2 Å². The topological polar surface area (TPSA) is 81.9 Å². The zero-order valence-electron chi connectivity index (χ0n) is 18.9. The highest BCUT2D eigenvalue weighted by molar-refractivity contribution is 14.0. The third-order valence-corrected chi connectivity index (χ3v) is 5.92. The highest BCUT2D eigenvalue weighted by Crippen LogP contribution is 2.18. The second-order valence-electron chi connectivity index (χ2n) is 8.17. The molecule has 0 radical (unpaired) electrons. The molecule has 0 saturated carbocycles. The Hall–Kier alpha value is -2.37. The van der Waals surface area contributed by atoms with Crippen molar-refractivity contribution in [3.05, 3.63) is 36.3 Å². The zero-order valence-corrected chi connectivity index (χ0v) is 21.2. The minimum atomic E-state index is 0. The summed E-state index contributed by atoms with van der Waals surface area (Å²) in [6.07, 6.45) is 10.6. The van der Waals surface area contributed by atoms with Crippen LogP contribution in [0, 0.1) is 0 Å². The maximum atomic E-state index is 12.7. The van der Waals surface area contributed by atoms with Gasteiger partial charge in [-0.05, 0) is 24.5 Å². The first-order valence-electron chi connectivity index (χ1n) is 11.1. The first-order chi connectivity index (χ1) is 15.1. The number of anilines is 2.